The fourth-order valence-electron chi connectivity index (χ4n) is 5.85. The van der Waals surface area contributed by atoms with E-state index in [2.05, 4.69) is 17.1 Å². The van der Waals surface area contributed by atoms with Gasteiger partial charge in [0.05, 0.1) is 18.2 Å². The second-order valence-electron chi connectivity index (χ2n) is 11.5. The van der Waals surface area contributed by atoms with Crippen LogP contribution in [0.15, 0.2) is 36.4 Å². The average Bonchev–Trinajstić information content (AvgIpc) is 3.43. The van der Waals surface area contributed by atoms with Gasteiger partial charge in [-0.2, -0.15) is 0 Å². The molecule has 2 heterocycles. The van der Waals surface area contributed by atoms with Crippen molar-refractivity contribution in [1.82, 2.24) is 9.80 Å². The summed E-state index contributed by atoms with van der Waals surface area (Å²) in [7, 11) is 2.05. The number of fused-ring (bicyclic) bond motifs is 2. The summed E-state index contributed by atoms with van der Waals surface area (Å²) in [6, 6.07) is 10.9. The molecule has 0 aromatic heterocycles. The first-order valence-corrected chi connectivity index (χ1v) is 14.4. The topological polar surface area (TPSA) is 101 Å². The standard InChI is InChI=1S/C31H41N3O6/c1-20-15-34(21(2)18-35)31(37)25-14-24(32-30(36)23-7-5-4-6-8-23)10-12-26(25)40-29(20)17-33(3)16-22-9-11-27-28(13-22)39-19-38-27/h9-14,20-21,23,29,35H,4-8,15-19H2,1-3H3,(H,32,36)/t20-,21+,29-/m1/s1. The van der Waals surface area contributed by atoms with Gasteiger partial charge < -0.3 is 29.5 Å². The maximum Gasteiger partial charge on any atom is 0.258 e. The Morgan fingerprint density at radius 2 is 1.85 bits per heavy atom. The van der Waals surface area contributed by atoms with Crippen LogP contribution in [-0.4, -0.2) is 72.4 Å². The van der Waals surface area contributed by atoms with Gasteiger partial charge in [0.1, 0.15) is 11.9 Å². The lowest BCUT2D eigenvalue weighted by atomic mass is 9.88. The Kier molecular flexibility index (Phi) is 8.81. The first-order valence-electron chi connectivity index (χ1n) is 14.4. The molecule has 5 rings (SSSR count). The van der Waals surface area contributed by atoms with Crippen LogP contribution in [0.5, 0.6) is 17.2 Å². The summed E-state index contributed by atoms with van der Waals surface area (Å²) in [5, 5.41) is 13.0. The Morgan fingerprint density at radius 3 is 2.62 bits per heavy atom. The summed E-state index contributed by atoms with van der Waals surface area (Å²) in [5.74, 6) is 1.84. The van der Waals surface area contributed by atoms with E-state index in [9.17, 15) is 14.7 Å². The molecule has 0 spiro atoms. The summed E-state index contributed by atoms with van der Waals surface area (Å²) in [5.41, 5.74) is 2.10. The number of nitrogens with zero attached hydrogens (tertiary/aromatic N) is 2. The van der Waals surface area contributed by atoms with Crippen molar-refractivity contribution in [1.29, 1.82) is 0 Å². The molecule has 0 bridgehead atoms. The Balaban J connectivity index is 1.35. The predicted octanol–water partition coefficient (Wildman–Crippen LogP) is 4.29. The van der Waals surface area contributed by atoms with Gasteiger partial charge in [0.15, 0.2) is 11.5 Å². The van der Waals surface area contributed by atoms with Crippen molar-refractivity contribution < 1.29 is 28.9 Å². The van der Waals surface area contributed by atoms with Gasteiger partial charge in [-0.1, -0.05) is 32.3 Å². The second kappa shape index (κ2) is 12.5. The van der Waals surface area contributed by atoms with E-state index in [1.165, 1.54) is 6.42 Å². The molecule has 216 valence electrons. The summed E-state index contributed by atoms with van der Waals surface area (Å²) in [6.07, 6.45) is 4.93. The molecule has 2 N–H and O–H groups in total. The zero-order valence-electron chi connectivity index (χ0n) is 23.7. The van der Waals surface area contributed by atoms with Gasteiger partial charge in [0, 0.05) is 37.2 Å². The number of carbonyl (C=O) groups is 2. The smallest absolute Gasteiger partial charge is 0.258 e. The molecule has 0 unspecified atom stereocenters. The van der Waals surface area contributed by atoms with Gasteiger partial charge in [-0.3, -0.25) is 14.5 Å². The summed E-state index contributed by atoms with van der Waals surface area (Å²) in [4.78, 5) is 30.5. The zero-order valence-corrected chi connectivity index (χ0v) is 23.7. The van der Waals surface area contributed by atoms with Crippen LogP contribution in [-0.2, 0) is 11.3 Å². The average molecular weight is 552 g/mol. The molecule has 2 aromatic rings. The number of aliphatic hydroxyl groups is 1. The SMILES string of the molecule is C[C@@H]1CN([C@@H](C)CO)C(=O)c2cc(NC(=O)C3CCCCC3)ccc2O[C@@H]1CN(C)Cc1ccc2c(c1)OCO2. The minimum absolute atomic E-state index is 0.0102. The third-order valence-corrected chi connectivity index (χ3v) is 8.29. The molecule has 2 amide bonds. The molecule has 9 heteroatoms. The Morgan fingerprint density at radius 1 is 1.10 bits per heavy atom. The quantitative estimate of drug-likeness (QED) is 0.505. The van der Waals surface area contributed by atoms with Crippen molar-refractivity contribution >= 4 is 17.5 Å². The second-order valence-corrected chi connectivity index (χ2v) is 11.5. The molecule has 1 saturated carbocycles. The molecular formula is C31H41N3O6. The lowest BCUT2D eigenvalue weighted by molar-refractivity contribution is -0.120. The Bertz CT molecular complexity index is 1210. The van der Waals surface area contributed by atoms with E-state index < -0.39 is 0 Å². The number of benzene rings is 2. The number of ether oxygens (including phenoxy) is 3. The number of likely N-dealkylation sites (N-methyl/N-ethyl adjacent to an activating group) is 1. The Hall–Kier alpha value is -3.30. The van der Waals surface area contributed by atoms with Crippen LogP contribution in [0, 0.1) is 11.8 Å². The summed E-state index contributed by atoms with van der Waals surface area (Å²) in [6.45, 7) is 5.80. The van der Waals surface area contributed by atoms with Crippen LogP contribution in [0.25, 0.3) is 0 Å². The summed E-state index contributed by atoms with van der Waals surface area (Å²) < 4.78 is 17.5. The van der Waals surface area contributed by atoms with Crippen LogP contribution in [0.1, 0.15) is 61.9 Å². The third-order valence-electron chi connectivity index (χ3n) is 8.29. The van der Waals surface area contributed by atoms with Gasteiger partial charge in [-0.05, 0) is 62.7 Å². The van der Waals surface area contributed by atoms with Gasteiger partial charge >= 0.3 is 0 Å². The predicted molar refractivity (Wildman–Crippen MR) is 152 cm³/mol. The van der Waals surface area contributed by atoms with E-state index >= 15 is 0 Å². The normalized spacial score (nSPS) is 21.8. The van der Waals surface area contributed by atoms with Crippen molar-refractivity contribution in [2.45, 2.75) is 64.6 Å². The Labute approximate surface area is 236 Å². The number of hydrogen-bond donors (Lipinski definition) is 2. The molecule has 1 aliphatic carbocycles. The van der Waals surface area contributed by atoms with Gasteiger partial charge in [-0.15, -0.1) is 0 Å². The molecule has 40 heavy (non-hydrogen) atoms. The monoisotopic (exact) mass is 551 g/mol. The molecule has 1 fully saturated rings. The molecule has 3 aliphatic rings. The number of carbonyl (C=O) groups excluding carboxylic acids is 2. The van der Waals surface area contributed by atoms with Crippen LogP contribution < -0.4 is 19.5 Å². The first kappa shape index (κ1) is 28.2. The number of rotatable bonds is 8. The largest absolute Gasteiger partial charge is 0.488 e. The van der Waals surface area contributed by atoms with Gasteiger partial charge in [0.2, 0.25) is 12.7 Å². The molecule has 0 saturated heterocycles. The van der Waals surface area contributed by atoms with Crippen LogP contribution in [0.2, 0.25) is 0 Å². The maximum absolute atomic E-state index is 13.7. The maximum atomic E-state index is 13.7. The number of nitrogens with one attached hydrogen (secondary N) is 1. The van der Waals surface area contributed by atoms with E-state index in [1.54, 1.807) is 17.0 Å². The number of amides is 2. The third kappa shape index (κ3) is 6.36. The fraction of sp³-hybridized carbons (Fsp3) is 0.548. The van der Waals surface area contributed by atoms with Crippen molar-refractivity contribution in [3.63, 3.8) is 0 Å². The highest BCUT2D eigenvalue weighted by Gasteiger charge is 2.34. The van der Waals surface area contributed by atoms with Crippen molar-refractivity contribution in [3.8, 4) is 17.2 Å². The summed E-state index contributed by atoms with van der Waals surface area (Å²) >= 11 is 0. The van der Waals surface area contributed by atoms with Gasteiger partial charge in [0.25, 0.3) is 5.91 Å². The molecular weight excluding hydrogens is 510 g/mol. The fourth-order valence-corrected chi connectivity index (χ4v) is 5.85. The first-order chi connectivity index (χ1) is 19.3. The van der Waals surface area contributed by atoms with E-state index in [4.69, 9.17) is 14.2 Å². The van der Waals surface area contributed by atoms with E-state index in [0.717, 1.165) is 42.7 Å². The van der Waals surface area contributed by atoms with E-state index in [-0.39, 0.29) is 49.2 Å². The van der Waals surface area contributed by atoms with E-state index in [0.29, 0.717) is 36.6 Å². The molecule has 9 nitrogen and oxygen atoms in total. The van der Waals surface area contributed by atoms with Crippen LogP contribution >= 0.6 is 0 Å². The lowest BCUT2D eigenvalue weighted by Gasteiger charge is -2.38. The molecule has 2 aromatic carbocycles. The van der Waals surface area contributed by atoms with Crippen LogP contribution in [0.4, 0.5) is 5.69 Å². The minimum Gasteiger partial charge on any atom is -0.488 e. The highest BCUT2D eigenvalue weighted by Crippen LogP contribution is 2.34. The molecule has 3 atom stereocenters. The van der Waals surface area contributed by atoms with Gasteiger partial charge in [-0.25, -0.2) is 0 Å². The van der Waals surface area contributed by atoms with Crippen molar-refractivity contribution in [3.05, 3.63) is 47.5 Å². The highest BCUT2D eigenvalue weighted by atomic mass is 16.7. The minimum atomic E-state index is -0.353. The number of aliphatic hydroxyl groups excluding tert-OH is 1. The van der Waals surface area contributed by atoms with E-state index in [1.807, 2.05) is 38.2 Å². The highest BCUT2D eigenvalue weighted by molar-refractivity contribution is 6.00. The molecule has 0 radical (unpaired) electrons. The number of anilines is 1. The lowest BCUT2D eigenvalue weighted by Crippen LogP contribution is -2.49. The van der Waals surface area contributed by atoms with Crippen molar-refractivity contribution in [2.75, 3.05) is 38.9 Å². The molecule has 2 aliphatic heterocycles. The zero-order chi connectivity index (χ0) is 28.2. The van der Waals surface area contributed by atoms with Crippen molar-refractivity contribution in [2.24, 2.45) is 11.8 Å². The van der Waals surface area contributed by atoms with Crippen LogP contribution in [0.3, 0.4) is 0 Å². The number of hydrogen-bond acceptors (Lipinski definition) is 7.